The largest absolute Gasteiger partial charge is 0.396 e. The molecule has 2 aromatic rings. The second kappa shape index (κ2) is 4.70. The van der Waals surface area contributed by atoms with Crippen LogP contribution >= 0.6 is 15.9 Å². The minimum atomic E-state index is 0.728. The van der Waals surface area contributed by atoms with Gasteiger partial charge in [-0.3, -0.25) is 4.68 Å². The molecule has 0 amide bonds. The van der Waals surface area contributed by atoms with E-state index in [9.17, 15) is 0 Å². The average molecular weight is 280 g/mol. The first-order chi connectivity index (χ1) is 7.70. The summed E-state index contributed by atoms with van der Waals surface area (Å²) in [5, 5.41) is 4.48. The molecule has 0 atom stereocenters. The number of hydrogen-bond donors (Lipinski definition) is 1. The van der Waals surface area contributed by atoms with Gasteiger partial charge in [0, 0.05) is 22.8 Å². The maximum Gasteiger partial charge on any atom is 0.115 e. The summed E-state index contributed by atoms with van der Waals surface area (Å²) in [6.45, 7) is 3.02. The van der Waals surface area contributed by atoms with Gasteiger partial charge >= 0.3 is 0 Å². The van der Waals surface area contributed by atoms with Gasteiger partial charge in [-0.05, 0) is 18.6 Å². The molecule has 16 heavy (non-hydrogen) atoms. The van der Waals surface area contributed by atoms with Crippen molar-refractivity contribution in [1.82, 2.24) is 9.78 Å². The van der Waals surface area contributed by atoms with Crippen LogP contribution in [0.2, 0.25) is 0 Å². The zero-order valence-electron chi connectivity index (χ0n) is 9.15. The molecule has 4 heteroatoms. The summed E-state index contributed by atoms with van der Waals surface area (Å²) in [6, 6.07) is 8.01. The molecule has 0 spiro atoms. The molecule has 0 saturated heterocycles. The van der Waals surface area contributed by atoms with E-state index in [0.29, 0.717) is 0 Å². The molecule has 1 heterocycles. The van der Waals surface area contributed by atoms with Crippen LogP contribution in [0.4, 0.5) is 5.69 Å². The molecular formula is C12H14BrN3. The number of anilines is 1. The first-order valence-corrected chi connectivity index (χ1v) is 6.09. The molecule has 2 rings (SSSR count). The van der Waals surface area contributed by atoms with Crippen LogP contribution in [-0.4, -0.2) is 9.78 Å². The molecule has 0 aliphatic carbocycles. The normalized spacial score (nSPS) is 10.6. The Morgan fingerprint density at radius 1 is 1.44 bits per heavy atom. The van der Waals surface area contributed by atoms with Crippen molar-refractivity contribution >= 4 is 21.6 Å². The van der Waals surface area contributed by atoms with E-state index in [4.69, 9.17) is 5.73 Å². The van der Waals surface area contributed by atoms with Crippen molar-refractivity contribution in [2.45, 2.75) is 19.9 Å². The SMILES string of the molecule is CCCn1cc(N)c(-c2cccc(Br)c2)n1. The van der Waals surface area contributed by atoms with Crippen molar-refractivity contribution in [2.75, 3.05) is 5.73 Å². The fourth-order valence-corrected chi connectivity index (χ4v) is 2.04. The lowest BCUT2D eigenvalue weighted by molar-refractivity contribution is 0.605. The van der Waals surface area contributed by atoms with Gasteiger partial charge in [-0.25, -0.2) is 0 Å². The number of halogens is 1. The second-order valence-corrected chi connectivity index (χ2v) is 4.62. The second-order valence-electron chi connectivity index (χ2n) is 3.71. The third-order valence-electron chi connectivity index (χ3n) is 2.34. The zero-order valence-corrected chi connectivity index (χ0v) is 10.7. The smallest absolute Gasteiger partial charge is 0.115 e. The van der Waals surface area contributed by atoms with Crippen LogP contribution in [0.3, 0.4) is 0 Å². The maximum absolute atomic E-state index is 5.96. The van der Waals surface area contributed by atoms with Crippen molar-refractivity contribution < 1.29 is 0 Å². The van der Waals surface area contributed by atoms with Crippen molar-refractivity contribution in [3.05, 3.63) is 34.9 Å². The van der Waals surface area contributed by atoms with Gasteiger partial charge in [0.1, 0.15) is 5.69 Å². The highest BCUT2D eigenvalue weighted by molar-refractivity contribution is 9.10. The number of nitrogens with zero attached hydrogens (tertiary/aromatic N) is 2. The quantitative estimate of drug-likeness (QED) is 0.937. The Kier molecular flexibility index (Phi) is 3.29. The van der Waals surface area contributed by atoms with E-state index < -0.39 is 0 Å². The lowest BCUT2D eigenvalue weighted by Gasteiger charge is -1.99. The molecule has 0 aliphatic heterocycles. The van der Waals surface area contributed by atoms with Gasteiger partial charge in [0.2, 0.25) is 0 Å². The van der Waals surface area contributed by atoms with Crippen LogP contribution in [0.25, 0.3) is 11.3 Å². The van der Waals surface area contributed by atoms with Crippen molar-refractivity contribution in [2.24, 2.45) is 0 Å². The van der Waals surface area contributed by atoms with Gasteiger partial charge in [0.15, 0.2) is 0 Å². The van der Waals surface area contributed by atoms with E-state index in [-0.39, 0.29) is 0 Å². The maximum atomic E-state index is 5.96. The Labute approximate surface area is 103 Å². The number of rotatable bonds is 3. The minimum Gasteiger partial charge on any atom is -0.396 e. The molecule has 1 aromatic carbocycles. The van der Waals surface area contributed by atoms with E-state index in [2.05, 4.69) is 28.0 Å². The summed E-state index contributed by atoms with van der Waals surface area (Å²) in [5.74, 6) is 0. The third-order valence-corrected chi connectivity index (χ3v) is 2.83. The molecule has 0 bridgehead atoms. The number of aryl methyl sites for hydroxylation is 1. The van der Waals surface area contributed by atoms with E-state index in [0.717, 1.165) is 34.4 Å². The zero-order chi connectivity index (χ0) is 11.5. The predicted octanol–water partition coefficient (Wildman–Crippen LogP) is 3.30. The summed E-state index contributed by atoms with van der Waals surface area (Å²) in [4.78, 5) is 0. The van der Waals surface area contributed by atoms with E-state index in [1.165, 1.54) is 0 Å². The summed E-state index contributed by atoms with van der Waals surface area (Å²) in [6.07, 6.45) is 2.94. The van der Waals surface area contributed by atoms with Gasteiger partial charge < -0.3 is 5.73 Å². The summed E-state index contributed by atoms with van der Waals surface area (Å²) >= 11 is 3.45. The first kappa shape index (κ1) is 11.2. The fraction of sp³-hybridized carbons (Fsp3) is 0.250. The fourth-order valence-electron chi connectivity index (χ4n) is 1.64. The predicted molar refractivity (Wildman–Crippen MR) is 70.1 cm³/mol. The molecule has 0 fully saturated rings. The molecule has 84 valence electrons. The van der Waals surface area contributed by atoms with Crippen LogP contribution in [0, 0.1) is 0 Å². The molecule has 0 saturated carbocycles. The highest BCUT2D eigenvalue weighted by atomic mass is 79.9. The number of aromatic nitrogens is 2. The Balaban J connectivity index is 2.40. The number of hydrogen-bond acceptors (Lipinski definition) is 2. The average Bonchev–Trinajstić information content (AvgIpc) is 2.60. The lowest BCUT2D eigenvalue weighted by Crippen LogP contribution is -1.96. The van der Waals surface area contributed by atoms with Gasteiger partial charge in [-0.1, -0.05) is 35.0 Å². The molecule has 0 radical (unpaired) electrons. The Bertz CT molecular complexity index is 491. The molecule has 0 aliphatic rings. The molecule has 1 aromatic heterocycles. The highest BCUT2D eigenvalue weighted by Crippen LogP contribution is 2.26. The van der Waals surface area contributed by atoms with Gasteiger partial charge in [-0.15, -0.1) is 0 Å². The van der Waals surface area contributed by atoms with Crippen LogP contribution in [-0.2, 0) is 6.54 Å². The topological polar surface area (TPSA) is 43.8 Å². The summed E-state index contributed by atoms with van der Waals surface area (Å²) in [7, 11) is 0. The molecular weight excluding hydrogens is 266 g/mol. The van der Waals surface area contributed by atoms with Crippen molar-refractivity contribution in [3.63, 3.8) is 0 Å². The Morgan fingerprint density at radius 3 is 2.94 bits per heavy atom. The van der Waals surface area contributed by atoms with Crippen molar-refractivity contribution in [1.29, 1.82) is 0 Å². The van der Waals surface area contributed by atoms with E-state index in [1.807, 2.05) is 35.1 Å². The monoisotopic (exact) mass is 279 g/mol. The first-order valence-electron chi connectivity index (χ1n) is 5.29. The summed E-state index contributed by atoms with van der Waals surface area (Å²) < 4.78 is 2.93. The van der Waals surface area contributed by atoms with E-state index >= 15 is 0 Å². The number of nitrogens with two attached hydrogens (primary N) is 1. The van der Waals surface area contributed by atoms with Crippen molar-refractivity contribution in [3.8, 4) is 11.3 Å². The molecule has 0 unspecified atom stereocenters. The number of benzene rings is 1. The molecule has 3 nitrogen and oxygen atoms in total. The van der Waals surface area contributed by atoms with Gasteiger partial charge in [0.25, 0.3) is 0 Å². The van der Waals surface area contributed by atoms with E-state index in [1.54, 1.807) is 0 Å². The standard InChI is InChI=1S/C12H14BrN3/c1-2-6-16-8-11(14)12(15-16)9-4-3-5-10(13)7-9/h3-5,7-8H,2,6,14H2,1H3. The van der Waals surface area contributed by atoms with Crippen LogP contribution in [0.1, 0.15) is 13.3 Å². The Morgan fingerprint density at radius 2 is 2.25 bits per heavy atom. The number of nitrogen functional groups attached to an aromatic ring is 1. The lowest BCUT2D eigenvalue weighted by atomic mass is 10.1. The van der Waals surface area contributed by atoms with Crippen LogP contribution in [0.5, 0.6) is 0 Å². The Hall–Kier alpha value is -1.29. The highest BCUT2D eigenvalue weighted by Gasteiger charge is 2.08. The van der Waals surface area contributed by atoms with Gasteiger partial charge in [0.05, 0.1) is 5.69 Å². The van der Waals surface area contributed by atoms with Crippen LogP contribution in [0.15, 0.2) is 34.9 Å². The van der Waals surface area contributed by atoms with Crippen LogP contribution < -0.4 is 5.73 Å². The molecule has 2 N–H and O–H groups in total. The summed E-state index contributed by atoms with van der Waals surface area (Å²) in [5.41, 5.74) is 8.58. The van der Waals surface area contributed by atoms with Gasteiger partial charge in [-0.2, -0.15) is 5.10 Å². The third kappa shape index (κ3) is 2.27. The minimum absolute atomic E-state index is 0.728.